The number of benzene rings is 1. The van der Waals surface area contributed by atoms with E-state index in [0.29, 0.717) is 6.42 Å². The van der Waals surface area contributed by atoms with Crippen LogP contribution < -0.4 is 0 Å². The molecule has 84 valence electrons. The van der Waals surface area contributed by atoms with Crippen LogP contribution in [0, 0.1) is 0 Å². The Balaban J connectivity index is 3.06. The zero-order valence-corrected chi connectivity index (χ0v) is 9.79. The van der Waals surface area contributed by atoms with Crippen molar-refractivity contribution in [3.8, 4) is 0 Å². The Morgan fingerprint density at radius 2 is 1.80 bits per heavy atom. The molecule has 0 aromatic heterocycles. The van der Waals surface area contributed by atoms with Crippen LogP contribution in [0.25, 0.3) is 0 Å². The topological polar surface area (TPSA) is 54.4 Å². The molecule has 1 N–H and O–H groups in total. The summed E-state index contributed by atoms with van der Waals surface area (Å²) in [5, 5.41) is 0. The van der Waals surface area contributed by atoms with E-state index in [4.69, 9.17) is 4.55 Å². The fourth-order valence-corrected chi connectivity index (χ4v) is 2.81. The van der Waals surface area contributed by atoms with Crippen molar-refractivity contribution in [3.05, 3.63) is 35.9 Å². The van der Waals surface area contributed by atoms with Gasteiger partial charge in [-0.25, -0.2) is 0 Å². The fraction of sp³-hybridized carbons (Fsp3) is 0.455. The first kappa shape index (κ1) is 12.2. The quantitative estimate of drug-likeness (QED) is 0.804. The van der Waals surface area contributed by atoms with E-state index in [2.05, 4.69) is 0 Å². The van der Waals surface area contributed by atoms with Gasteiger partial charge in [0, 0.05) is 5.41 Å². The minimum atomic E-state index is -3.94. The van der Waals surface area contributed by atoms with Crippen molar-refractivity contribution in [2.45, 2.75) is 25.7 Å². The number of rotatable bonds is 4. The lowest BCUT2D eigenvalue weighted by Crippen LogP contribution is -2.30. The SMILES string of the molecule is CCC(C)(CS(=O)(=O)O)c1ccccc1. The molecular weight excluding hydrogens is 212 g/mol. The fourth-order valence-electron chi connectivity index (χ4n) is 1.63. The maximum absolute atomic E-state index is 10.9. The van der Waals surface area contributed by atoms with Crippen molar-refractivity contribution in [2.75, 3.05) is 5.75 Å². The van der Waals surface area contributed by atoms with Crippen LogP contribution in [0.5, 0.6) is 0 Å². The summed E-state index contributed by atoms with van der Waals surface area (Å²) in [6.07, 6.45) is 0.663. The third-order valence-corrected chi connectivity index (χ3v) is 3.75. The van der Waals surface area contributed by atoms with E-state index in [9.17, 15) is 8.42 Å². The van der Waals surface area contributed by atoms with Gasteiger partial charge >= 0.3 is 0 Å². The molecule has 0 amide bonds. The molecule has 0 fully saturated rings. The third kappa shape index (κ3) is 3.32. The Bertz CT molecular complexity index is 411. The highest BCUT2D eigenvalue weighted by Crippen LogP contribution is 2.28. The molecule has 0 radical (unpaired) electrons. The van der Waals surface area contributed by atoms with E-state index in [1.807, 2.05) is 44.2 Å². The predicted molar refractivity (Wildman–Crippen MR) is 60.5 cm³/mol. The molecule has 1 aromatic carbocycles. The molecule has 1 rings (SSSR count). The normalized spacial score (nSPS) is 15.9. The second-order valence-electron chi connectivity index (χ2n) is 4.01. The summed E-state index contributed by atoms with van der Waals surface area (Å²) in [4.78, 5) is 0. The Hall–Kier alpha value is -0.870. The Morgan fingerprint density at radius 3 is 2.20 bits per heavy atom. The van der Waals surface area contributed by atoms with Crippen molar-refractivity contribution in [2.24, 2.45) is 0 Å². The molecule has 1 atom stereocenters. The summed E-state index contributed by atoms with van der Waals surface area (Å²) in [6.45, 7) is 3.76. The maximum atomic E-state index is 10.9. The van der Waals surface area contributed by atoms with E-state index < -0.39 is 15.5 Å². The van der Waals surface area contributed by atoms with E-state index in [1.54, 1.807) is 0 Å². The number of hydrogen-bond acceptors (Lipinski definition) is 2. The van der Waals surface area contributed by atoms with E-state index >= 15 is 0 Å². The summed E-state index contributed by atoms with van der Waals surface area (Å²) in [5.41, 5.74) is 0.416. The molecule has 3 nitrogen and oxygen atoms in total. The van der Waals surface area contributed by atoms with Gasteiger partial charge in [-0.1, -0.05) is 44.2 Å². The summed E-state index contributed by atoms with van der Waals surface area (Å²) in [7, 11) is -3.94. The molecule has 1 aromatic rings. The van der Waals surface area contributed by atoms with Crippen molar-refractivity contribution in [1.82, 2.24) is 0 Å². The third-order valence-electron chi connectivity index (χ3n) is 2.75. The van der Waals surface area contributed by atoms with Gasteiger partial charge in [-0.2, -0.15) is 8.42 Å². The highest BCUT2D eigenvalue weighted by molar-refractivity contribution is 7.85. The molecule has 0 spiro atoms. The first-order chi connectivity index (χ1) is 6.87. The molecule has 0 aliphatic carbocycles. The largest absolute Gasteiger partial charge is 0.286 e. The van der Waals surface area contributed by atoms with Gasteiger partial charge in [-0.15, -0.1) is 0 Å². The maximum Gasteiger partial charge on any atom is 0.265 e. The molecule has 0 heterocycles. The molecule has 0 aliphatic rings. The zero-order chi connectivity index (χ0) is 11.5. The van der Waals surface area contributed by atoms with Gasteiger partial charge in [0.25, 0.3) is 10.1 Å². The minimum absolute atomic E-state index is 0.236. The summed E-state index contributed by atoms with van der Waals surface area (Å²) in [6, 6.07) is 9.39. The standard InChI is InChI=1S/C11H16O3S/c1-3-11(2,9-15(12,13)14)10-7-5-4-6-8-10/h4-8H,3,9H2,1-2H3,(H,12,13,14). The molecule has 0 bridgehead atoms. The smallest absolute Gasteiger partial charge is 0.265 e. The average Bonchev–Trinajstić information content (AvgIpc) is 2.16. The summed E-state index contributed by atoms with van der Waals surface area (Å²) < 4.78 is 30.8. The first-order valence-corrected chi connectivity index (χ1v) is 6.49. The molecule has 1 unspecified atom stereocenters. The van der Waals surface area contributed by atoms with Crippen LogP contribution in [0.3, 0.4) is 0 Å². The van der Waals surface area contributed by atoms with E-state index in [0.717, 1.165) is 5.56 Å². The summed E-state index contributed by atoms with van der Waals surface area (Å²) >= 11 is 0. The lowest BCUT2D eigenvalue weighted by Gasteiger charge is -2.27. The van der Waals surface area contributed by atoms with Crippen LogP contribution in [-0.4, -0.2) is 18.7 Å². The van der Waals surface area contributed by atoms with Crippen LogP contribution in [0.15, 0.2) is 30.3 Å². The van der Waals surface area contributed by atoms with Crippen LogP contribution in [0.4, 0.5) is 0 Å². The second kappa shape index (κ2) is 4.33. The molecule has 0 aliphatic heterocycles. The van der Waals surface area contributed by atoms with E-state index in [-0.39, 0.29) is 5.75 Å². The Kier molecular flexibility index (Phi) is 3.52. The first-order valence-electron chi connectivity index (χ1n) is 4.88. The van der Waals surface area contributed by atoms with Crippen LogP contribution in [-0.2, 0) is 15.5 Å². The van der Waals surface area contributed by atoms with Gasteiger partial charge < -0.3 is 0 Å². The van der Waals surface area contributed by atoms with Gasteiger partial charge in [0.1, 0.15) is 0 Å². The average molecular weight is 228 g/mol. The second-order valence-corrected chi connectivity index (χ2v) is 5.46. The van der Waals surface area contributed by atoms with Gasteiger partial charge in [0.05, 0.1) is 5.75 Å². The molecule has 15 heavy (non-hydrogen) atoms. The molecule has 4 heteroatoms. The van der Waals surface area contributed by atoms with Crippen LogP contribution in [0.2, 0.25) is 0 Å². The van der Waals surface area contributed by atoms with Gasteiger partial charge in [0.15, 0.2) is 0 Å². The van der Waals surface area contributed by atoms with Gasteiger partial charge in [-0.05, 0) is 12.0 Å². The lowest BCUT2D eigenvalue weighted by molar-refractivity contribution is 0.441. The van der Waals surface area contributed by atoms with Crippen LogP contribution >= 0.6 is 0 Å². The zero-order valence-electron chi connectivity index (χ0n) is 8.97. The van der Waals surface area contributed by atoms with Gasteiger partial charge in [-0.3, -0.25) is 4.55 Å². The number of hydrogen-bond donors (Lipinski definition) is 1. The Morgan fingerprint density at radius 1 is 1.27 bits per heavy atom. The lowest BCUT2D eigenvalue weighted by atomic mass is 9.82. The van der Waals surface area contributed by atoms with Crippen molar-refractivity contribution in [1.29, 1.82) is 0 Å². The highest BCUT2D eigenvalue weighted by Gasteiger charge is 2.29. The Labute approximate surface area is 90.9 Å². The molecule has 0 saturated carbocycles. The van der Waals surface area contributed by atoms with Crippen LogP contribution in [0.1, 0.15) is 25.8 Å². The monoisotopic (exact) mass is 228 g/mol. The summed E-state index contributed by atoms with van der Waals surface area (Å²) in [5.74, 6) is -0.236. The van der Waals surface area contributed by atoms with Crippen molar-refractivity contribution >= 4 is 10.1 Å². The molecule has 0 saturated heterocycles. The minimum Gasteiger partial charge on any atom is -0.286 e. The van der Waals surface area contributed by atoms with Crippen molar-refractivity contribution < 1.29 is 13.0 Å². The highest BCUT2D eigenvalue weighted by atomic mass is 32.2. The van der Waals surface area contributed by atoms with Crippen molar-refractivity contribution in [3.63, 3.8) is 0 Å². The molecular formula is C11H16O3S. The van der Waals surface area contributed by atoms with E-state index in [1.165, 1.54) is 0 Å². The van der Waals surface area contributed by atoms with Gasteiger partial charge in [0.2, 0.25) is 0 Å². The predicted octanol–water partition coefficient (Wildman–Crippen LogP) is 2.24.